The van der Waals surface area contributed by atoms with Gasteiger partial charge in [0.25, 0.3) is 0 Å². The first-order chi connectivity index (χ1) is 9.95. The van der Waals surface area contributed by atoms with E-state index in [9.17, 15) is 18.3 Å². The van der Waals surface area contributed by atoms with Crippen LogP contribution < -0.4 is 0 Å². The lowest BCUT2D eigenvalue weighted by Gasteiger charge is -2.20. The fourth-order valence-corrected chi connectivity index (χ4v) is 2.53. The van der Waals surface area contributed by atoms with Gasteiger partial charge in [-0.25, -0.2) is 0 Å². The second-order valence-electron chi connectivity index (χ2n) is 5.12. The molecule has 1 aromatic carbocycles. The zero-order valence-electron chi connectivity index (χ0n) is 11.1. The van der Waals surface area contributed by atoms with Gasteiger partial charge in [0.1, 0.15) is 0 Å². The summed E-state index contributed by atoms with van der Waals surface area (Å²) in [4.78, 5) is 0. The van der Waals surface area contributed by atoms with Crippen molar-refractivity contribution in [3.63, 3.8) is 0 Å². The molecular formula is C15H13F3N2O. The Morgan fingerprint density at radius 1 is 1.14 bits per heavy atom. The Morgan fingerprint density at radius 2 is 1.95 bits per heavy atom. The van der Waals surface area contributed by atoms with Gasteiger partial charge < -0.3 is 5.11 Å². The Bertz CT molecular complexity index is 670. The Balaban J connectivity index is 2.03. The van der Waals surface area contributed by atoms with E-state index in [2.05, 4.69) is 10.2 Å². The molecule has 6 heteroatoms. The van der Waals surface area contributed by atoms with E-state index in [0.29, 0.717) is 23.2 Å². The quantitative estimate of drug-likeness (QED) is 0.875. The molecule has 0 saturated carbocycles. The highest BCUT2D eigenvalue weighted by atomic mass is 19.4. The molecule has 1 unspecified atom stereocenters. The van der Waals surface area contributed by atoms with Crippen LogP contribution in [0.5, 0.6) is 0 Å². The van der Waals surface area contributed by atoms with Gasteiger partial charge in [-0.15, -0.1) is 0 Å². The highest BCUT2D eigenvalue weighted by molar-refractivity contribution is 5.61. The highest BCUT2D eigenvalue weighted by Gasteiger charge is 2.30. The summed E-state index contributed by atoms with van der Waals surface area (Å²) in [5.41, 5.74) is 1.37. The molecule has 0 saturated heterocycles. The van der Waals surface area contributed by atoms with Crippen LogP contribution in [0.3, 0.4) is 0 Å². The number of fused-ring (bicyclic) bond motifs is 1. The zero-order chi connectivity index (χ0) is 15.0. The SMILES string of the molecule is OC1CCCc2nnc(-c3cccc(C(F)(F)F)c3)cc21. The first-order valence-electron chi connectivity index (χ1n) is 6.67. The Morgan fingerprint density at radius 3 is 2.71 bits per heavy atom. The van der Waals surface area contributed by atoms with Crippen LogP contribution in [0.1, 0.15) is 35.8 Å². The maximum absolute atomic E-state index is 12.7. The molecule has 21 heavy (non-hydrogen) atoms. The fourth-order valence-electron chi connectivity index (χ4n) is 2.53. The molecule has 1 heterocycles. The molecule has 0 spiro atoms. The van der Waals surface area contributed by atoms with Crippen molar-refractivity contribution in [2.24, 2.45) is 0 Å². The van der Waals surface area contributed by atoms with Crippen LogP contribution in [0.25, 0.3) is 11.3 Å². The van der Waals surface area contributed by atoms with Gasteiger partial charge in [-0.2, -0.15) is 23.4 Å². The lowest BCUT2D eigenvalue weighted by molar-refractivity contribution is -0.137. The fraction of sp³-hybridized carbons (Fsp3) is 0.333. The molecule has 1 aliphatic carbocycles. The third-order valence-electron chi connectivity index (χ3n) is 3.64. The standard InChI is InChI=1S/C15H13F3N2O/c16-15(17,18)10-4-1-3-9(7-10)13-8-11-12(19-20-13)5-2-6-14(11)21/h1,3-4,7-8,14,21H,2,5-6H2. The third kappa shape index (κ3) is 2.76. The normalized spacial score (nSPS) is 18.4. The maximum Gasteiger partial charge on any atom is 0.416 e. The van der Waals surface area contributed by atoms with Crippen molar-refractivity contribution in [3.05, 3.63) is 47.2 Å². The van der Waals surface area contributed by atoms with E-state index in [0.717, 1.165) is 30.7 Å². The number of benzene rings is 1. The molecule has 3 nitrogen and oxygen atoms in total. The van der Waals surface area contributed by atoms with Crippen molar-refractivity contribution in [3.8, 4) is 11.3 Å². The van der Waals surface area contributed by atoms with Gasteiger partial charge in [0, 0.05) is 11.1 Å². The summed E-state index contributed by atoms with van der Waals surface area (Å²) in [5.74, 6) is 0. The number of aliphatic hydroxyl groups is 1. The van der Waals surface area contributed by atoms with E-state index >= 15 is 0 Å². The number of aromatic nitrogens is 2. The summed E-state index contributed by atoms with van der Waals surface area (Å²) in [5, 5.41) is 18.0. The lowest BCUT2D eigenvalue weighted by Crippen LogP contribution is -2.12. The molecule has 0 fully saturated rings. The number of nitrogens with zero attached hydrogens (tertiary/aromatic N) is 2. The summed E-state index contributed by atoms with van der Waals surface area (Å²) in [7, 11) is 0. The number of hydrogen-bond donors (Lipinski definition) is 1. The van der Waals surface area contributed by atoms with Crippen LogP contribution in [-0.4, -0.2) is 15.3 Å². The Kier molecular flexibility index (Phi) is 3.41. The van der Waals surface area contributed by atoms with E-state index in [1.165, 1.54) is 6.07 Å². The van der Waals surface area contributed by atoms with E-state index in [1.54, 1.807) is 12.1 Å². The third-order valence-corrected chi connectivity index (χ3v) is 3.64. The van der Waals surface area contributed by atoms with Crippen molar-refractivity contribution in [2.45, 2.75) is 31.5 Å². The van der Waals surface area contributed by atoms with E-state index < -0.39 is 17.8 Å². The summed E-state index contributed by atoms with van der Waals surface area (Å²) in [6.07, 6.45) is -2.79. The van der Waals surface area contributed by atoms with Crippen LogP contribution in [0.15, 0.2) is 30.3 Å². The molecule has 0 amide bonds. The van der Waals surface area contributed by atoms with Crippen molar-refractivity contribution in [2.75, 3.05) is 0 Å². The van der Waals surface area contributed by atoms with Gasteiger partial charge in [0.05, 0.1) is 23.1 Å². The molecule has 0 aliphatic heterocycles. The predicted molar refractivity (Wildman–Crippen MR) is 70.4 cm³/mol. The van der Waals surface area contributed by atoms with E-state index in [1.807, 2.05) is 0 Å². The average Bonchev–Trinajstić information content (AvgIpc) is 2.47. The Hall–Kier alpha value is -1.95. The maximum atomic E-state index is 12.7. The van der Waals surface area contributed by atoms with Gasteiger partial charge in [-0.1, -0.05) is 12.1 Å². The van der Waals surface area contributed by atoms with E-state index in [4.69, 9.17) is 0 Å². The van der Waals surface area contributed by atoms with Crippen molar-refractivity contribution >= 4 is 0 Å². The van der Waals surface area contributed by atoms with Crippen molar-refractivity contribution in [1.29, 1.82) is 0 Å². The number of aliphatic hydroxyl groups excluding tert-OH is 1. The zero-order valence-corrected chi connectivity index (χ0v) is 11.1. The van der Waals surface area contributed by atoms with E-state index in [-0.39, 0.29) is 0 Å². The number of rotatable bonds is 1. The smallest absolute Gasteiger partial charge is 0.388 e. The van der Waals surface area contributed by atoms with Crippen molar-refractivity contribution < 1.29 is 18.3 Å². The van der Waals surface area contributed by atoms with Gasteiger partial charge in [-0.3, -0.25) is 0 Å². The first-order valence-corrected chi connectivity index (χ1v) is 6.67. The molecule has 2 aromatic rings. The summed E-state index contributed by atoms with van der Waals surface area (Å²) in [6.45, 7) is 0. The van der Waals surface area contributed by atoms with Gasteiger partial charge in [0.15, 0.2) is 0 Å². The second kappa shape index (κ2) is 5.11. The molecule has 0 bridgehead atoms. The minimum atomic E-state index is -4.39. The number of halogens is 3. The van der Waals surface area contributed by atoms with Gasteiger partial charge in [0.2, 0.25) is 0 Å². The van der Waals surface area contributed by atoms with Gasteiger partial charge in [-0.05, 0) is 37.5 Å². The van der Waals surface area contributed by atoms with Crippen LogP contribution >= 0.6 is 0 Å². The number of alkyl halides is 3. The van der Waals surface area contributed by atoms with Gasteiger partial charge >= 0.3 is 6.18 Å². The first kappa shape index (κ1) is 14.0. The predicted octanol–water partition coefficient (Wildman–Crippen LogP) is 3.53. The summed E-state index contributed by atoms with van der Waals surface area (Å²) < 4.78 is 38.2. The van der Waals surface area contributed by atoms with Crippen LogP contribution in [0, 0.1) is 0 Å². The topological polar surface area (TPSA) is 46.0 Å². The molecule has 1 atom stereocenters. The van der Waals surface area contributed by atoms with Crippen LogP contribution in [0.4, 0.5) is 13.2 Å². The number of hydrogen-bond acceptors (Lipinski definition) is 3. The lowest BCUT2D eigenvalue weighted by atomic mass is 9.93. The second-order valence-corrected chi connectivity index (χ2v) is 5.12. The summed E-state index contributed by atoms with van der Waals surface area (Å²) >= 11 is 0. The molecule has 110 valence electrons. The minimum Gasteiger partial charge on any atom is -0.388 e. The average molecular weight is 294 g/mol. The van der Waals surface area contributed by atoms with Crippen LogP contribution in [-0.2, 0) is 12.6 Å². The molecule has 0 radical (unpaired) electrons. The number of aryl methyl sites for hydroxylation is 1. The summed E-state index contributed by atoms with van der Waals surface area (Å²) in [6, 6.07) is 6.61. The molecular weight excluding hydrogens is 281 g/mol. The molecule has 1 N–H and O–H groups in total. The molecule has 1 aliphatic rings. The Labute approximate surface area is 119 Å². The largest absolute Gasteiger partial charge is 0.416 e. The molecule has 1 aromatic heterocycles. The van der Waals surface area contributed by atoms with Crippen molar-refractivity contribution in [1.82, 2.24) is 10.2 Å². The minimum absolute atomic E-state index is 0.345. The molecule has 3 rings (SSSR count). The monoisotopic (exact) mass is 294 g/mol. The highest BCUT2D eigenvalue weighted by Crippen LogP contribution is 2.33. The van der Waals surface area contributed by atoms with Crippen LogP contribution in [0.2, 0.25) is 0 Å².